The Bertz CT molecular complexity index is 503. The molecule has 2 N–H and O–H groups in total. The number of benzene rings is 1. The second-order valence-corrected chi connectivity index (χ2v) is 3.46. The fourth-order valence-electron chi connectivity index (χ4n) is 1.48. The third-order valence-electron chi connectivity index (χ3n) is 2.46. The molecule has 15 heavy (non-hydrogen) atoms. The van der Waals surface area contributed by atoms with Gasteiger partial charge in [-0.15, -0.1) is 0 Å². The topological polar surface area (TPSA) is 43.8 Å². The predicted octanol–water partition coefficient (Wildman–Crippen LogP) is 2.12. The number of nitrogens with two attached hydrogens (primary N) is 1. The quantitative estimate of drug-likeness (QED) is 0.774. The van der Waals surface area contributed by atoms with Gasteiger partial charge >= 0.3 is 0 Å². The Balaban J connectivity index is 2.59. The number of halogens is 1. The van der Waals surface area contributed by atoms with Crippen LogP contribution in [0.2, 0.25) is 0 Å². The lowest BCUT2D eigenvalue weighted by Crippen LogP contribution is -1.98. The number of imidazole rings is 1. The molecule has 0 saturated heterocycles. The normalized spacial score (nSPS) is 10.6. The van der Waals surface area contributed by atoms with Gasteiger partial charge in [0.25, 0.3) is 0 Å². The first-order chi connectivity index (χ1) is 7.09. The molecule has 0 unspecified atom stereocenters. The zero-order valence-corrected chi connectivity index (χ0v) is 8.66. The Morgan fingerprint density at radius 3 is 2.67 bits per heavy atom. The Morgan fingerprint density at radius 2 is 2.13 bits per heavy atom. The van der Waals surface area contributed by atoms with Crippen LogP contribution in [0.15, 0.2) is 24.3 Å². The molecule has 0 fully saturated rings. The molecule has 0 saturated carbocycles. The van der Waals surface area contributed by atoms with Gasteiger partial charge in [-0.1, -0.05) is 12.1 Å². The summed E-state index contributed by atoms with van der Waals surface area (Å²) in [6.45, 7) is 1.86. The minimum Gasteiger partial charge on any atom is -0.383 e. The minimum atomic E-state index is -0.282. The summed E-state index contributed by atoms with van der Waals surface area (Å²) in [7, 11) is 1.83. The summed E-state index contributed by atoms with van der Waals surface area (Å²) in [5.41, 5.74) is 7.20. The fraction of sp³-hybridized carbons (Fsp3) is 0.182. The molecular formula is C11H12FN3. The third kappa shape index (κ3) is 1.58. The summed E-state index contributed by atoms with van der Waals surface area (Å²) in [5.74, 6) is 1.08. The van der Waals surface area contributed by atoms with E-state index >= 15 is 0 Å². The highest BCUT2D eigenvalue weighted by atomic mass is 19.1. The summed E-state index contributed by atoms with van der Waals surface area (Å²) in [6.07, 6.45) is 0. The molecule has 0 aliphatic carbocycles. The molecule has 2 aromatic rings. The van der Waals surface area contributed by atoms with E-state index in [2.05, 4.69) is 4.98 Å². The Morgan fingerprint density at radius 1 is 1.40 bits per heavy atom. The fourth-order valence-corrected chi connectivity index (χ4v) is 1.48. The number of rotatable bonds is 1. The lowest BCUT2D eigenvalue weighted by atomic mass is 10.1. The first kappa shape index (κ1) is 9.71. The van der Waals surface area contributed by atoms with Gasteiger partial charge in [0.15, 0.2) is 0 Å². The van der Waals surface area contributed by atoms with Gasteiger partial charge in [-0.05, 0) is 19.1 Å². The molecule has 0 aliphatic rings. The average Bonchev–Trinajstić information content (AvgIpc) is 2.46. The molecule has 3 nitrogen and oxygen atoms in total. The van der Waals surface area contributed by atoms with Crippen LogP contribution in [0.25, 0.3) is 11.3 Å². The van der Waals surface area contributed by atoms with Gasteiger partial charge in [-0.3, -0.25) is 0 Å². The van der Waals surface area contributed by atoms with E-state index in [1.165, 1.54) is 12.1 Å². The van der Waals surface area contributed by atoms with Crippen LogP contribution < -0.4 is 5.73 Å². The molecule has 4 heteroatoms. The minimum absolute atomic E-state index is 0.282. The van der Waals surface area contributed by atoms with Gasteiger partial charge in [0.05, 0.1) is 0 Å². The van der Waals surface area contributed by atoms with Crippen molar-refractivity contribution in [3.05, 3.63) is 35.9 Å². The number of nitrogen functional groups attached to an aromatic ring is 1. The smallest absolute Gasteiger partial charge is 0.131 e. The molecule has 1 aromatic heterocycles. The number of aromatic nitrogens is 2. The van der Waals surface area contributed by atoms with E-state index in [-0.39, 0.29) is 5.82 Å². The molecule has 1 heterocycles. The first-order valence-electron chi connectivity index (χ1n) is 4.64. The number of hydrogen-bond donors (Lipinski definition) is 1. The van der Waals surface area contributed by atoms with Gasteiger partial charge in [0.2, 0.25) is 0 Å². The van der Waals surface area contributed by atoms with E-state index in [4.69, 9.17) is 5.73 Å². The second-order valence-electron chi connectivity index (χ2n) is 3.46. The highest BCUT2D eigenvalue weighted by Crippen LogP contribution is 2.25. The van der Waals surface area contributed by atoms with Crippen molar-refractivity contribution in [3.63, 3.8) is 0 Å². The van der Waals surface area contributed by atoms with E-state index < -0.39 is 0 Å². The van der Waals surface area contributed by atoms with Crippen molar-refractivity contribution in [2.24, 2.45) is 7.05 Å². The Kier molecular flexibility index (Phi) is 2.19. The third-order valence-corrected chi connectivity index (χ3v) is 2.46. The van der Waals surface area contributed by atoms with Crippen molar-refractivity contribution >= 4 is 5.82 Å². The van der Waals surface area contributed by atoms with Crippen LogP contribution in [0.4, 0.5) is 10.2 Å². The second kappa shape index (κ2) is 3.38. The Hall–Kier alpha value is -1.84. The highest BCUT2D eigenvalue weighted by Gasteiger charge is 2.11. The first-order valence-corrected chi connectivity index (χ1v) is 4.64. The van der Waals surface area contributed by atoms with Crippen LogP contribution in [0.1, 0.15) is 5.82 Å². The largest absolute Gasteiger partial charge is 0.383 e. The SMILES string of the molecule is Cc1nc(-c2cccc(F)c2)c(N)n1C. The number of aryl methyl sites for hydroxylation is 1. The van der Waals surface area contributed by atoms with E-state index in [1.54, 1.807) is 16.7 Å². The maximum absolute atomic E-state index is 13.0. The van der Waals surface area contributed by atoms with Crippen LogP contribution in [-0.4, -0.2) is 9.55 Å². The number of hydrogen-bond acceptors (Lipinski definition) is 2. The van der Waals surface area contributed by atoms with Crippen LogP contribution >= 0.6 is 0 Å². The van der Waals surface area contributed by atoms with E-state index in [0.29, 0.717) is 17.1 Å². The number of anilines is 1. The van der Waals surface area contributed by atoms with E-state index in [0.717, 1.165) is 5.82 Å². The monoisotopic (exact) mass is 205 g/mol. The standard InChI is InChI=1S/C11H12FN3/c1-7-14-10(11(13)15(7)2)8-4-3-5-9(12)6-8/h3-6H,13H2,1-2H3. The van der Waals surface area contributed by atoms with Crippen molar-refractivity contribution in [2.45, 2.75) is 6.92 Å². The summed E-state index contributed by atoms with van der Waals surface area (Å²) in [4.78, 5) is 4.29. The lowest BCUT2D eigenvalue weighted by Gasteiger charge is -2.00. The maximum Gasteiger partial charge on any atom is 0.131 e. The van der Waals surface area contributed by atoms with Crippen LogP contribution in [0, 0.1) is 12.7 Å². The summed E-state index contributed by atoms with van der Waals surface area (Å²) < 4.78 is 14.8. The van der Waals surface area contributed by atoms with Gasteiger partial charge in [0, 0.05) is 12.6 Å². The van der Waals surface area contributed by atoms with Crippen molar-refractivity contribution < 1.29 is 4.39 Å². The lowest BCUT2D eigenvalue weighted by molar-refractivity contribution is 0.628. The summed E-state index contributed by atoms with van der Waals surface area (Å²) >= 11 is 0. The molecule has 78 valence electrons. The average molecular weight is 205 g/mol. The van der Waals surface area contributed by atoms with Gasteiger partial charge in [0.1, 0.15) is 23.2 Å². The van der Waals surface area contributed by atoms with Crippen molar-refractivity contribution in [3.8, 4) is 11.3 Å². The molecule has 0 radical (unpaired) electrons. The van der Waals surface area contributed by atoms with Crippen LogP contribution in [0.3, 0.4) is 0 Å². The zero-order chi connectivity index (χ0) is 11.0. The van der Waals surface area contributed by atoms with E-state index in [9.17, 15) is 4.39 Å². The molecule has 0 bridgehead atoms. The van der Waals surface area contributed by atoms with Crippen LogP contribution in [-0.2, 0) is 7.05 Å². The summed E-state index contributed by atoms with van der Waals surface area (Å²) in [5, 5.41) is 0. The molecule has 0 amide bonds. The highest BCUT2D eigenvalue weighted by molar-refractivity contribution is 5.70. The predicted molar refractivity (Wildman–Crippen MR) is 57.8 cm³/mol. The van der Waals surface area contributed by atoms with Gasteiger partial charge in [-0.25, -0.2) is 9.37 Å². The maximum atomic E-state index is 13.0. The molecule has 2 rings (SSSR count). The van der Waals surface area contributed by atoms with Crippen LogP contribution in [0.5, 0.6) is 0 Å². The van der Waals surface area contributed by atoms with Crippen molar-refractivity contribution in [2.75, 3.05) is 5.73 Å². The Labute approximate surface area is 87.4 Å². The van der Waals surface area contributed by atoms with Crippen molar-refractivity contribution in [1.29, 1.82) is 0 Å². The van der Waals surface area contributed by atoms with Gasteiger partial charge < -0.3 is 10.3 Å². The summed E-state index contributed by atoms with van der Waals surface area (Å²) in [6, 6.07) is 6.27. The zero-order valence-electron chi connectivity index (χ0n) is 8.66. The molecule has 0 atom stereocenters. The number of nitrogens with zero attached hydrogens (tertiary/aromatic N) is 2. The molecule has 0 spiro atoms. The molecule has 1 aromatic carbocycles. The molecular weight excluding hydrogens is 193 g/mol. The molecule has 0 aliphatic heterocycles. The van der Waals surface area contributed by atoms with Crippen molar-refractivity contribution in [1.82, 2.24) is 9.55 Å². The van der Waals surface area contributed by atoms with E-state index in [1.807, 2.05) is 14.0 Å². The van der Waals surface area contributed by atoms with Gasteiger partial charge in [-0.2, -0.15) is 0 Å².